The Morgan fingerprint density at radius 3 is 2.90 bits per heavy atom. The van der Waals surface area contributed by atoms with Crippen molar-refractivity contribution in [1.29, 1.82) is 0 Å². The zero-order valence-corrected chi connectivity index (χ0v) is 11.9. The van der Waals surface area contributed by atoms with Gasteiger partial charge in [0.1, 0.15) is 6.61 Å². The topological polar surface area (TPSA) is 39.1 Å². The van der Waals surface area contributed by atoms with E-state index in [1.165, 1.54) is 6.07 Å². The summed E-state index contributed by atoms with van der Waals surface area (Å²) >= 11 is 0. The molecule has 0 radical (unpaired) electrons. The standard InChI is InChI=1S/C15H20FN3O/c1-3-6-17-8-12-4-5-15(14(16)7-12)20-10-13-9-18-11-19(13)2/h4-5,7,9,11,17H,3,6,8,10H2,1-2H3. The monoisotopic (exact) mass is 277 g/mol. The normalized spacial score (nSPS) is 10.8. The molecule has 0 aliphatic rings. The van der Waals surface area contributed by atoms with E-state index >= 15 is 0 Å². The first kappa shape index (κ1) is 14.5. The van der Waals surface area contributed by atoms with Crippen LogP contribution in [-0.4, -0.2) is 16.1 Å². The van der Waals surface area contributed by atoms with E-state index in [4.69, 9.17) is 4.74 Å². The van der Waals surface area contributed by atoms with E-state index in [1.807, 2.05) is 17.7 Å². The van der Waals surface area contributed by atoms with Gasteiger partial charge < -0.3 is 14.6 Å². The highest BCUT2D eigenvalue weighted by Crippen LogP contribution is 2.19. The van der Waals surface area contributed by atoms with Crippen LogP contribution in [0.15, 0.2) is 30.7 Å². The van der Waals surface area contributed by atoms with E-state index < -0.39 is 0 Å². The molecule has 0 unspecified atom stereocenters. The second-order valence-electron chi connectivity index (χ2n) is 4.73. The third-order valence-corrected chi connectivity index (χ3v) is 3.04. The van der Waals surface area contributed by atoms with Crippen molar-refractivity contribution in [3.8, 4) is 5.75 Å². The van der Waals surface area contributed by atoms with E-state index in [2.05, 4.69) is 17.2 Å². The first-order valence-corrected chi connectivity index (χ1v) is 6.78. The Morgan fingerprint density at radius 2 is 2.25 bits per heavy atom. The molecule has 108 valence electrons. The van der Waals surface area contributed by atoms with E-state index in [1.54, 1.807) is 18.6 Å². The third-order valence-electron chi connectivity index (χ3n) is 3.04. The lowest BCUT2D eigenvalue weighted by atomic mass is 10.2. The smallest absolute Gasteiger partial charge is 0.165 e. The van der Waals surface area contributed by atoms with Crippen LogP contribution in [0.4, 0.5) is 4.39 Å². The molecule has 0 fully saturated rings. The Kier molecular flexibility index (Phi) is 5.12. The molecule has 2 rings (SSSR count). The Morgan fingerprint density at radius 1 is 1.40 bits per heavy atom. The molecule has 20 heavy (non-hydrogen) atoms. The first-order chi connectivity index (χ1) is 9.70. The van der Waals surface area contributed by atoms with Gasteiger partial charge in [-0.3, -0.25) is 0 Å². The van der Waals surface area contributed by atoms with Crippen LogP contribution in [0.1, 0.15) is 24.6 Å². The summed E-state index contributed by atoms with van der Waals surface area (Å²) in [6.07, 6.45) is 4.47. The molecule has 0 saturated heterocycles. The van der Waals surface area contributed by atoms with Gasteiger partial charge in [0.15, 0.2) is 11.6 Å². The summed E-state index contributed by atoms with van der Waals surface area (Å²) in [5, 5.41) is 3.24. The van der Waals surface area contributed by atoms with Gasteiger partial charge in [-0.25, -0.2) is 9.37 Å². The van der Waals surface area contributed by atoms with Gasteiger partial charge in [-0.05, 0) is 30.7 Å². The Hall–Kier alpha value is -1.88. The number of ether oxygens (including phenoxy) is 1. The SMILES string of the molecule is CCCNCc1ccc(OCc2cncn2C)c(F)c1. The predicted molar refractivity (Wildman–Crippen MR) is 75.9 cm³/mol. The molecule has 0 saturated carbocycles. The number of nitrogens with zero attached hydrogens (tertiary/aromatic N) is 2. The molecule has 1 aromatic heterocycles. The van der Waals surface area contributed by atoms with Crippen LogP contribution in [0.5, 0.6) is 5.75 Å². The number of aryl methyl sites for hydroxylation is 1. The van der Waals surface area contributed by atoms with Crippen LogP contribution in [0.2, 0.25) is 0 Å². The highest BCUT2D eigenvalue weighted by atomic mass is 19.1. The minimum Gasteiger partial charge on any atom is -0.484 e. The summed E-state index contributed by atoms with van der Waals surface area (Å²) in [6, 6.07) is 5.07. The van der Waals surface area contributed by atoms with Gasteiger partial charge in [0, 0.05) is 13.6 Å². The zero-order valence-electron chi connectivity index (χ0n) is 11.9. The van der Waals surface area contributed by atoms with Crippen LogP contribution in [0, 0.1) is 5.82 Å². The fourth-order valence-electron chi connectivity index (χ4n) is 1.86. The lowest BCUT2D eigenvalue weighted by molar-refractivity contribution is 0.282. The maximum absolute atomic E-state index is 13.9. The molecular formula is C15H20FN3O. The average Bonchev–Trinajstić information content (AvgIpc) is 2.84. The summed E-state index contributed by atoms with van der Waals surface area (Å²) in [7, 11) is 1.88. The number of hydrogen-bond acceptors (Lipinski definition) is 3. The summed E-state index contributed by atoms with van der Waals surface area (Å²) < 4.78 is 21.2. The molecule has 0 aliphatic carbocycles. The van der Waals surface area contributed by atoms with Crippen molar-refractivity contribution in [2.24, 2.45) is 7.05 Å². The maximum Gasteiger partial charge on any atom is 0.165 e. The average molecular weight is 277 g/mol. The van der Waals surface area contributed by atoms with Crippen molar-refractivity contribution in [2.45, 2.75) is 26.5 Å². The number of imidazole rings is 1. The van der Waals surface area contributed by atoms with Gasteiger partial charge in [-0.15, -0.1) is 0 Å². The highest BCUT2D eigenvalue weighted by Gasteiger charge is 2.06. The molecule has 0 atom stereocenters. The molecule has 5 heteroatoms. The van der Waals surface area contributed by atoms with Crippen LogP contribution < -0.4 is 10.1 Å². The van der Waals surface area contributed by atoms with Crippen molar-refractivity contribution >= 4 is 0 Å². The molecule has 0 aliphatic heterocycles. The van der Waals surface area contributed by atoms with Gasteiger partial charge in [-0.1, -0.05) is 13.0 Å². The van der Waals surface area contributed by atoms with Gasteiger partial charge in [0.2, 0.25) is 0 Å². The van der Waals surface area contributed by atoms with Crippen LogP contribution in [-0.2, 0) is 20.2 Å². The molecule has 1 aromatic carbocycles. The largest absolute Gasteiger partial charge is 0.484 e. The molecule has 1 N–H and O–H groups in total. The molecular weight excluding hydrogens is 257 g/mol. The zero-order chi connectivity index (χ0) is 14.4. The number of rotatable bonds is 7. The van der Waals surface area contributed by atoms with E-state index in [0.717, 1.165) is 24.2 Å². The van der Waals surface area contributed by atoms with Gasteiger partial charge >= 0.3 is 0 Å². The van der Waals surface area contributed by atoms with E-state index in [-0.39, 0.29) is 11.6 Å². The van der Waals surface area contributed by atoms with Crippen LogP contribution in [0.3, 0.4) is 0 Å². The Labute approximate surface area is 118 Å². The molecule has 2 aromatic rings. The number of benzene rings is 1. The number of hydrogen-bond donors (Lipinski definition) is 1. The fourth-order valence-corrected chi connectivity index (χ4v) is 1.86. The molecule has 1 heterocycles. The summed E-state index contributed by atoms with van der Waals surface area (Å²) in [6.45, 7) is 4.01. The van der Waals surface area contributed by atoms with Gasteiger partial charge in [0.25, 0.3) is 0 Å². The number of aromatic nitrogens is 2. The lowest BCUT2D eigenvalue weighted by Gasteiger charge is -2.09. The molecule has 4 nitrogen and oxygen atoms in total. The first-order valence-electron chi connectivity index (χ1n) is 6.78. The molecule has 0 spiro atoms. The van der Waals surface area contributed by atoms with Crippen LogP contribution in [0.25, 0.3) is 0 Å². The molecule has 0 amide bonds. The van der Waals surface area contributed by atoms with Crippen molar-refractivity contribution in [2.75, 3.05) is 6.54 Å². The van der Waals surface area contributed by atoms with Gasteiger partial charge in [-0.2, -0.15) is 0 Å². The number of halogens is 1. The van der Waals surface area contributed by atoms with Crippen molar-refractivity contribution in [3.05, 3.63) is 47.8 Å². The minimum absolute atomic E-state index is 0.269. The summed E-state index contributed by atoms with van der Waals surface area (Å²) in [5.74, 6) is -0.0617. The van der Waals surface area contributed by atoms with Crippen molar-refractivity contribution < 1.29 is 9.13 Å². The van der Waals surface area contributed by atoms with E-state index in [0.29, 0.717) is 13.2 Å². The second-order valence-corrected chi connectivity index (χ2v) is 4.73. The fraction of sp³-hybridized carbons (Fsp3) is 0.400. The van der Waals surface area contributed by atoms with Crippen LogP contribution >= 0.6 is 0 Å². The minimum atomic E-state index is -0.331. The maximum atomic E-state index is 13.9. The van der Waals surface area contributed by atoms with Gasteiger partial charge in [0.05, 0.1) is 18.2 Å². The Balaban J connectivity index is 1.94. The predicted octanol–water partition coefficient (Wildman–Crippen LogP) is 2.64. The van der Waals surface area contributed by atoms with Crippen molar-refractivity contribution in [1.82, 2.24) is 14.9 Å². The summed E-state index contributed by atoms with van der Waals surface area (Å²) in [4.78, 5) is 3.99. The quantitative estimate of drug-likeness (QED) is 0.791. The highest BCUT2D eigenvalue weighted by molar-refractivity contribution is 5.29. The van der Waals surface area contributed by atoms with E-state index in [9.17, 15) is 4.39 Å². The molecule has 0 bridgehead atoms. The third kappa shape index (κ3) is 3.81. The lowest BCUT2D eigenvalue weighted by Crippen LogP contribution is -2.13. The summed E-state index contributed by atoms with van der Waals surface area (Å²) in [5.41, 5.74) is 1.82. The Bertz CT molecular complexity index is 554. The van der Waals surface area contributed by atoms with Crippen molar-refractivity contribution in [3.63, 3.8) is 0 Å². The second kappa shape index (κ2) is 7.05. The number of nitrogens with one attached hydrogen (secondary N) is 1.